The molecule has 1 N–H and O–H groups in total. The first-order valence-electron chi connectivity index (χ1n) is 17.9. The van der Waals surface area contributed by atoms with Gasteiger partial charge in [-0.1, -0.05) is 17.7 Å². The zero-order valence-electron chi connectivity index (χ0n) is 31.1. The van der Waals surface area contributed by atoms with Gasteiger partial charge in [0.05, 0.1) is 61.5 Å². The number of aryl methyl sites for hydroxylation is 5. The minimum Gasteiger partial charge on any atom is -0.493 e. The predicted octanol–water partition coefficient (Wildman–Crippen LogP) is 7.02. The fourth-order valence-corrected chi connectivity index (χ4v) is 8.93. The van der Waals surface area contributed by atoms with Gasteiger partial charge in [-0.25, -0.2) is 19.0 Å². The first-order chi connectivity index (χ1) is 26.1. The number of carbonyl (C=O) groups is 1. The molecule has 10 nitrogen and oxygen atoms in total. The largest absolute Gasteiger partial charge is 0.493 e. The zero-order valence-corrected chi connectivity index (χ0v) is 32.6. The van der Waals surface area contributed by atoms with Crippen molar-refractivity contribution in [1.29, 1.82) is 0 Å². The smallest absolute Gasteiger partial charge is 0.354 e. The monoisotopic (exact) mass is 779 g/mol. The van der Waals surface area contributed by atoms with E-state index in [1.54, 1.807) is 31.0 Å². The maximum absolute atomic E-state index is 15.2. The van der Waals surface area contributed by atoms with E-state index in [9.17, 15) is 9.18 Å². The average Bonchev–Trinajstić information content (AvgIpc) is 3.77. The Morgan fingerprint density at radius 1 is 1.02 bits per heavy atom. The SMILES string of the molecule is COCCOCC1NN(C)C2=C1CSCc1cc(n(C)n1)CCc1cc(c3ccc(F)c(F)c3c1)OCCCc1c(C(=O)OC)n(C)c3c2c(Cl)ccc13. The molecule has 5 aromatic rings. The van der Waals surface area contributed by atoms with Crippen LogP contribution in [0.25, 0.3) is 27.4 Å². The maximum Gasteiger partial charge on any atom is 0.354 e. The van der Waals surface area contributed by atoms with Crippen molar-refractivity contribution in [2.24, 2.45) is 14.1 Å². The van der Waals surface area contributed by atoms with Crippen molar-refractivity contribution in [1.82, 2.24) is 24.8 Å². The van der Waals surface area contributed by atoms with Crippen LogP contribution in [0.1, 0.15) is 45.0 Å². The summed E-state index contributed by atoms with van der Waals surface area (Å²) in [4.78, 5) is 13.5. The summed E-state index contributed by atoms with van der Waals surface area (Å²) in [5.74, 6) is -0.476. The highest BCUT2D eigenvalue weighted by atomic mass is 35.5. The molecule has 0 fully saturated rings. The van der Waals surface area contributed by atoms with Crippen molar-refractivity contribution in [3.63, 3.8) is 0 Å². The zero-order chi connectivity index (χ0) is 38.1. The molecular weight excluding hydrogens is 736 g/mol. The third-order valence-corrected chi connectivity index (χ3v) is 11.6. The number of carbonyl (C=O) groups excluding carboxylic acids is 1. The maximum atomic E-state index is 15.2. The van der Waals surface area contributed by atoms with Crippen molar-refractivity contribution in [3.8, 4) is 5.75 Å². The van der Waals surface area contributed by atoms with Gasteiger partial charge in [-0.3, -0.25) is 4.68 Å². The number of fused-ring (bicyclic) bond motifs is 7. The number of aromatic nitrogens is 3. The summed E-state index contributed by atoms with van der Waals surface area (Å²) in [7, 11) is 8.78. The molecule has 2 aliphatic heterocycles. The van der Waals surface area contributed by atoms with Crippen LogP contribution in [-0.4, -0.2) is 84.8 Å². The fourth-order valence-electron chi connectivity index (χ4n) is 7.67. The standard InChI is InChI=1S/C40H44ClF2N5O5S/c1-46-37-28-10-12-31(41)35(37)38-30(33(45-48(38)3)20-52-16-15-50-4)22-54-21-24-19-25(47(2)44-24)9-8-23-17-29-26(11-13-32(42)36(29)43)34(18-23)53-14-6-7-27(28)39(46)40(49)51-5/h10-13,17-19,33,45H,6-9,14-16,20-22H2,1-5H3. The first kappa shape index (κ1) is 38.1. The number of hydrogen-bond donors (Lipinski definition) is 1. The van der Waals surface area contributed by atoms with E-state index in [-0.39, 0.29) is 18.0 Å². The molecule has 2 aliphatic rings. The van der Waals surface area contributed by atoms with Crippen molar-refractivity contribution in [2.45, 2.75) is 37.5 Å². The number of thioether (sulfide) groups is 1. The van der Waals surface area contributed by atoms with Crippen LogP contribution in [0, 0.1) is 11.6 Å². The molecule has 14 heteroatoms. The Morgan fingerprint density at radius 3 is 2.63 bits per heavy atom. The van der Waals surface area contributed by atoms with Gasteiger partial charge in [0.25, 0.3) is 0 Å². The molecule has 3 aromatic carbocycles. The second-order valence-electron chi connectivity index (χ2n) is 13.6. The van der Waals surface area contributed by atoms with Crippen molar-refractivity contribution in [3.05, 3.63) is 98.5 Å². The Kier molecular flexibility index (Phi) is 11.5. The Labute approximate surface area is 322 Å². The summed E-state index contributed by atoms with van der Waals surface area (Å²) in [6.45, 7) is 1.64. The highest BCUT2D eigenvalue weighted by Gasteiger charge is 2.34. The number of ether oxygens (including phenoxy) is 4. The third-order valence-electron chi connectivity index (χ3n) is 10.2. The molecule has 0 spiro atoms. The Hall–Kier alpha value is -4.14. The van der Waals surface area contributed by atoms with E-state index in [1.165, 1.54) is 7.11 Å². The summed E-state index contributed by atoms with van der Waals surface area (Å²) in [6, 6.07) is 12.1. The summed E-state index contributed by atoms with van der Waals surface area (Å²) < 4.78 is 56.3. The van der Waals surface area contributed by atoms with E-state index in [0.717, 1.165) is 56.3 Å². The van der Waals surface area contributed by atoms with Crippen LogP contribution in [0.15, 0.2) is 48.0 Å². The molecule has 8 bridgehead atoms. The summed E-state index contributed by atoms with van der Waals surface area (Å²) in [5, 5.41) is 8.91. The quantitative estimate of drug-likeness (QED) is 0.144. The van der Waals surface area contributed by atoms with Crippen LogP contribution in [0.3, 0.4) is 0 Å². The van der Waals surface area contributed by atoms with Gasteiger partial charge in [0.2, 0.25) is 0 Å². The highest BCUT2D eigenvalue weighted by molar-refractivity contribution is 7.98. The number of hydrogen-bond acceptors (Lipinski definition) is 9. The molecule has 0 saturated heterocycles. The molecule has 1 unspecified atom stereocenters. The third kappa shape index (κ3) is 7.32. The Bertz CT molecular complexity index is 2260. The van der Waals surface area contributed by atoms with Gasteiger partial charge in [-0.05, 0) is 78.8 Å². The lowest BCUT2D eigenvalue weighted by Crippen LogP contribution is -2.38. The minimum atomic E-state index is -0.908. The van der Waals surface area contributed by atoms with E-state index in [0.29, 0.717) is 78.9 Å². The van der Waals surface area contributed by atoms with Crippen LogP contribution in [-0.2, 0) is 53.3 Å². The number of nitrogens with zero attached hydrogens (tertiary/aromatic N) is 4. The van der Waals surface area contributed by atoms with Gasteiger partial charge < -0.3 is 28.5 Å². The summed E-state index contributed by atoms with van der Waals surface area (Å²) in [5.41, 5.74) is 11.3. The topological polar surface area (TPSA) is 92.0 Å². The van der Waals surface area contributed by atoms with Crippen molar-refractivity contribution < 1.29 is 32.5 Å². The predicted molar refractivity (Wildman–Crippen MR) is 208 cm³/mol. The number of nitrogens with one attached hydrogen (secondary N) is 1. The van der Waals surface area contributed by atoms with Crippen molar-refractivity contribution >= 4 is 56.7 Å². The molecule has 2 aromatic heterocycles. The van der Waals surface area contributed by atoms with E-state index >= 15 is 4.39 Å². The molecular formula is C40H44ClF2N5O5S. The van der Waals surface area contributed by atoms with Crippen LogP contribution in [0.2, 0.25) is 5.02 Å². The number of benzene rings is 3. The molecule has 7 rings (SSSR count). The van der Waals surface area contributed by atoms with Gasteiger partial charge in [-0.2, -0.15) is 16.9 Å². The first-order valence-corrected chi connectivity index (χ1v) is 19.5. The molecule has 0 radical (unpaired) electrons. The molecule has 0 saturated carbocycles. The van der Waals surface area contributed by atoms with E-state index < -0.39 is 17.6 Å². The highest BCUT2D eigenvalue weighted by Crippen LogP contribution is 2.42. The van der Waals surface area contributed by atoms with Gasteiger partial charge >= 0.3 is 5.97 Å². The molecule has 286 valence electrons. The van der Waals surface area contributed by atoms with Crippen LogP contribution in [0.5, 0.6) is 5.75 Å². The Balaban J connectivity index is 1.35. The minimum absolute atomic E-state index is 0.137. The van der Waals surface area contributed by atoms with Gasteiger partial charge in [0.1, 0.15) is 11.4 Å². The molecule has 1 atom stereocenters. The molecule has 0 amide bonds. The molecule has 4 heterocycles. The van der Waals surface area contributed by atoms with E-state index in [1.807, 2.05) is 53.6 Å². The second-order valence-corrected chi connectivity index (χ2v) is 15.0. The van der Waals surface area contributed by atoms with Gasteiger partial charge in [-0.15, -0.1) is 0 Å². The van der Waals surface area contributed by atoms with Crippen LogP contribution in [0.4, 0.5) is 8.78 Å². The van der Waals surface area contributed by atoms with Crippen LogP contribution < -0.4 is 10.2 Å². The lowest BCUT2D eigenvalue weighted by Gasteiger charge is -2.20. The number of halogens is 3. The lowest BCUT2D eigenvalue weighted by atomic mass is 9.99. The molecule has 0 aliphatic carbocycles. The van der Waals surface area contributed by atoms with E-state index in [4.69, 9.17) is 35.6 Å². The number of rotatable bonds is 6. The number of methoxy groups -OCH3 is 2. The van der Waals surface area contributed by atoms with Gasteiger partial charge in [0.15, 0.2) is 11.6 Å². The average molecular weight is 780 g/mol. The molecule has 54 heavy (non-hydrogen) atoms. The number of hydrazine groups is 1. The fraction of sp³-hybridized carbons (Fsp3) is 0.400. The van der Waals surface area contributed by atoms with E-state index in [2.05, 4.69) is 11.5 Å². The Morgan fingerprint density at radius 2 is 1.83 bits per heavy atom. The number of esters is 1. The summed E-state index contributed by atoms with van der Waals surface area (Å²) >= 11 is 8.88. The van der Waals surface area contributed by atoms with Crippen LogP contribution >= 0.6 is 23.4 Å². The summed E-state index contributed by atoms with van der Waals surface area (Å²) in [6.07, 6.45) is 2.24. The lowest BCUT2D eigenvalue weighted by molar-refractivity contribution is 0.0588. The van der Waals surface area contributed by atoms with Crippen molar-refractivity contribution in [2.75, 3.05) is 53.4 Å². The van der Waals surface area contributed by atoms with Gasteiger partial charge in [0, 0.05) is 67.2 Å². The second kappa shape index (κ2) is 16.3. The normalized spacial score (nSPS) is 16.9.